The van der Waals surface area contributed by atoms with Crippen LogP contribution in [0.3, 0.4) is 0 Å². The third-order valence-corrected chi connectivity index (χ3v) is 4.73. The molecule has 0 saturated heterocycles. The summed E-state index contributed by atoms with van der Waals surface area (Å²) in [6, 6.07) is 11.1. The van der Waals surface area contributed by atoms with Gasteiger partial charge in [0.15, 0.2) is 0 Å². The minimum atomic E-state index is -1.11. The van der Waals surface area contributed by atoms with E-state index in [2.05, 4.69) is 0 Å². The molecule has 0 bridgehead atoms. The fourth-order valence-corrected chi connectivity index (χ4v) is 3.30. The summed E-state index contributed by atoms with van der Waals surface area (Å²) in [5.41, 5.74) is 1.51. The van der Waals surface area contributed by atoms with Gasteiger partial charge in [0.25, 0.3) is 0 Å². The lowest BCUT2D eigenvalue weighted by molar-refractivity contribution is 0.0828. The van der Waals surface area contributed by atoms with Gasteiger partial charge in [-0.2, -0.15) is 0 Å². The van der Waals surface area contributed by atoms with Crippen LogP contribution in [0, 0.1) is 0 Å². The first-order chi connectivity index (χ1) is 9.56. The lowest BCUT2D eigenvalue weighted by Gasteiger charge is -2.26. The summed E-state index contributed by atoms with van der Waals surface area (Å²) in [5, 5.41) is 12.0. The Morgan fingerprint density at radius 1 is 1.15 bits per heavy atom. The van der Waals surface area contributed by atoms with Crippen molar-refractivity contribution < 1.29 is 9.84 Å². The number of aliphatic hydroxyl groups is 1. The smallest absolute Gasteiger partial charge is 0.119 e. The molecule has 104 valence electrons. The van der Waals surface area contributed by atoms with Crippen molar-refractivity contribution in [2.75, 3.05) is 7.11 Å². The summed E-state index contributed by atoms with van der Waals surface area (Å²) >= 11 is 12.4. The fraction of sp³-hybridized carbons (Fsp3) is 0.250. The van der Waals surface area contributed by atoms with E-state index in [4.69, 9.17) is 27.9 Å². The summed E-state index contributed by atoms with van der Waals surface area (Å²) in [5.74, 6) is 0.724. The molecule has 1 atom stereocenters. The zero-order chi connectivity index (χ0) is 14.3. The SMILES string of the molecule is COc1ccc2c(c1)C(O)(c1cccc(Cl)c1Cl)CC2. The molecule has 0 saturated carbocycles. The topological polar surface area (TPSA) is 29.5 Å². The van der Waals surface area contributed by atoms with E-state index in [9.17, 15) is 5.11 Å². The van der Waals surface area contributed by atoms with E-state index in [1.807, 2.05) is 24.3 Å². The fourth-order valence-electron chi connectivity index (χ4n) is 2.84. The van der Waals surface area contributed by atoms with E-state index in [1.165, 1.54) is 0 Å². The van der Waals surface area contributed by atoms with E-state index in [1.54, 1.807) is 19.2 Å². The van der Waals surface area contributed by atoms with Crippen LogP contribution in [0.2, 0.25) is 10.0 Å². The molecule has 20 heavy (non-hydrogen) atoms. The lowest BCUT2D eigenvalue weighted by atomic mass is 9.88. The van der Waals surface area contributed by atoms with E-state index in [0.717, 1.165) is 23.3 Å². The Hall–Kier alpha value is -1.22. The Balaban J connectivity index is 2.19. The predicted molar refractivity (Wildman–Crippen MR) is 80.8 cm³/mol. The van der Waals surface area contributed by atoms with E-state index in [0.29, 0.717) is 22.0 Å². The average molecular weight is 309 g/mol. The molecule has 0 spiro atoms. The second-order valence-electron chi connectivity index (χ2n) is 4.98. The van der Waals surface area contributed by atoms with E-state index < -0.39 is 5.60 Å². The first-order valence-electron chi connectivity index (χ1n) is 6.40. The van der Waals surface area contributed by atoms with Crippen LogP contribution >= 0.6 is 23.2 Å². The number of hydrogen-bond donors (Lipinski definition) is 1. The molecule has 1 unspecified atom stereocenters. The Bertz CT molecular complexity index is 670. The van der Waals surface area contributed by atoms with E-state index in [-0.39, 0.29) is 0 Å². The van der Waals surface area contributed by atoms with Crippen LogP contribution in [0.25, 0.3) is 0 Å². The van der Waals surface area contributed by atoms with Gasteiger partial charge in [-0.1, -0.05) is 41.4 Å². The zero-order valence-corrected chi connectivity index (χ0v) is 12.5. The van der Waals surface area contributed by atoms with Crippen molar-refractivity contribution in [1.82, 2.24) is 0 Å². The number of aryl methyl sites for hydroxylation is 1. The average Bonchev–Trinajstić information content (AvgIpc) is 2.80. The summed E-state index contributed by atoms with van der Waals surface area (Å²) in [6.07, 6.45) is 1.40. The van der Waals surface area contributed by atoms with Gasteiger partial charge in [0.1, 0.15) is 11.4 Å². The molecule has 4 heteroatoms. The number of hydrogen-bond acceptors (Lipinski definition) is 2. The summed E-state index contributed by atoms with van der Waals surface area (Å²) in [7, 11) is 1.61. The maximum absolute atomic E-state index is 11.1. The second kappa shape index (κ2) is 4.96. The van der Waals surface area contributed by atoms with Crippen molar-refractivity contribution in [3.8, 4) is 5.75 Å². The minimum Gasteiger partial charge on any atom is -0.497 e. The lowest BCUT2D eigenvalue weighted by Crippen LogP contribution is -2.24. The van der Waals surface area contributed by atoms with Crippen LogP contribution in [0.1, 0.15) is 23.1 Å². The van der Waals surface area contributed by atoms with Crippen LogP contribution in [0.15, 0.2) is 36.4 Å². The molecule has 0 aromatic heterocycles. The normalized spacial score (nSPS) is 20.8. The van der Waals surface area contributed by atoms with Gasteiger partial charge in [0.05, 0.1) is 17.2 Å². The highest BCUT2D eigenvalue weighted by atomic mass is 35.5. The zero-order valence-electron chi connectivity index (χ0n) is 11.0. The number of rotatable bonds is 2. The first-order valence-corrected chi connectivity index (χ1v) is 7.16. The highest BCUT2D eigenvalue weighted by molar-refractivity contribution is 6.42. The van der Waals surface area contributed by atoms with Gasteiger partial charge in [-0.05, 0) is 42.2 Å². The van der Waals surface area contributed by atoms with Gasteiger partial charge < -0.3 is 9.84 Å². The van der Waals surface area contributed by atoms with Crippen molar-refractivity contribution in [3.63, 3.8) is 0 Å². The molecule has 1 aliphatic rings. The molecule has 0 fully saturated rings. The summed E-state index contributed by atoms with van der Waals surface area (Å²) in [6.45, 7) is 0. The third kappa shape index (κ3) is 1.99. The maximum atomic E-state index is 11.1. The van der Waals surface area contributed by atoms with Crippen molar-refractivity contribution in [2.45, 2.75) is 18.4 Å². The highest BCUT2D eigenvalue weighted by Crippen LogP contribution is 2.46. The number of ether oxygens (including phenoxy) is 1. The van der Waals surface area contributed by atoms with Gasteiger partial charge in [-0.15, -0.1) is 0 Å². The molecule has 2 nitrogen and oxygen atoms in total. The highest BCUT2D eigenvalue weighted by Gasteiger charge is 2.40. The van der Waals surface area contributed by atoms with Gasteiger partial charge in [-0.25, -0.2) is 0 Å². The van der Waals surface area contributed by atoms with Crippen molar-refractivity contribution >= 4 is 23.2 Å². The number of benzene rings is 2. The van der Waals surface area contributed by atoms with Gasteiger partial charge in [0.2, 0.25) is 0 Å². The van der Waals surface area contributed by atoms with Gasteiger partial charge in [0, 0.05) is 5.56 Å². The van der Waals surface area contributed by atoms with Gasteiger partial charge in [-0.3, -0.25) is 0 Å². The minimum absolute atomic E-state index is 0.410. The van der Waals surface area contributed by atoms with E-state index >= 15 is 0 Å². The molecule has 1 aliphatic carbocycles. The van der Waals surface area contributed by atoms with Crippen LogP contribution < -0.4 is 4.74 Å². The van der Waals surface area contributed by atoms with Crippen LogP contribution in [0.4, 0.5) is 0 Å². The number of fused-ring (bicyclic) bond motifs is 1. The van der Waals surface area contributed by atoms with Crippen molar-refractivity contribution in [1.29, 1.82) is 0 Å². The third-order valence-electron chi connectivity index (χ3n) is 3.92. The molecule has 0 amide bonds. The summed E-state index contributed by atoms with van der Waals surface area (Å²) < 4.78 is 5.25. The molecule has 2 aromatic rings. The van der Waals surface area contributed by atoms with Crippen LogP contribution in [-0.4, -0.2) is 12.2 Å². The Morgan fingerprint density at radius 2 is 1.95 bits per heavy atom. The maximum Gasteiger partial charge on any atom is 0.119 e. The Labute approximate surface area is 127 Å². The molecule has 0 aliphatic heterocycles. The molecule has 2 aromatic carbocycles. The quantitative estimate of drug-likeness (QED) is 0.901. The molecular weight excluding hydrogens is 295 g/mol. The largest absolute Gasteiger partial charge is 0.497 e. The predicted octanol–water partition coefficient (Wildman–Crippen LogP) is 4.18. The van der Waals surface area contributed by atoms with Crippen molar-refractivity contribution in [3.05, 3.63) is 63.1 Å². The van der Waals surface area contributed by atoms with Gasteiger partial charge >= 0.3 is 0 Å². The summed E-state index contributed by atoms with van der Waals surface area (Å²) in [4.78, 5) is 0. The molecule has 0 radical (unpaired) electrons. The standard InChI is InChI=1S/C16H14Cl2O2/c1-20-11-6-5-10-7-8-16(19,13(10)9-11)12-3-2-4-14(17)15(12)18/h2-6,9,19H,7-8H2,1H3. The van der Waals surface area contributed by atoms with Crippen molar-refractivity contribution in [2.24, 2.45) is 0 Å². The monoisotopic (exact) mass is 308 g/mol. The number of halogens is 2. The Morgan fingerprint density at radius 3 is 2.70 bits per heavy atom. The van der Waals surface area contributed by atoms with Crippen LogP contribution in [0.5, 0.6) is 5.75 Å². The molecular formula is C16H14Cl2O2. The first kappa shape index (κ1) is 13.7. The molecule has 0 heterocycles. The number of methoxy groups -OCH3 is 1. The Kier molecular flexibility index (Phi) is 3.41. The molecule has 3 rings (SSSR count). The second-order valence-corrected chi connectivity index (χ2v) is 5.77. The van der Waals surface area contributed by atoms with Crippen LogP contribution in [-0.2, 0) is 12.0 Å². The molecule has 1 N–H and O–H groups in total.